The number of rotatable bonds is 5. The Kier molecular flexibility index (Phi) is 5.89. The quantitative estimate of drug-likeness (QED) is 0.572. The number of nitrogens with one attached hydrogen (secondary N) is 2. The molecule has 2 heterocycles. The normalized spacial score (nSPS) is 19.6. The first-order valence-electron chi connectivity index (χ1n) is 10.3. The standard InChI is InChI=1S/C23H25N5O3/c1-28-20-11-16(6-7-21(20)31-23(28)30)15-4-2-14(3-5-15)10-17(12-24)27-22(29)18-8-9-26-13-19(18)25/h2-7,11,17-19,26H,8-10,13,25H2,1H3,(H,27,29). The minimum atomic E-state index is -0.614. The number of nitrogens with zero attached hydrogens (tertiary/aromatic N) is 2. The number of hydrogen-bond donors (Lipinski definition) is 3. The van der Waals surface area contributed by atoms with E-state index in [1.807, 2.05) is 36.4 Å². The predicted molar refractivity (Wildman–Crippen MR) is 117 cm³/mol. The lowest BCUT2D eigenvalue weighted by atomic mass is 9.92. The molecule has 31 heavy (non-hydrogen) atoms. The molecule has 1 aromatic heterocycles. The van der Waals surface area contributed by atoms with Crippen molar-refractivity contribution in [2.45, 2.75) is 24.9 Å². The van der Waals surface area contributed by atoms with E-state index in [9.17, 15) is 14.9 Å². The molecule has 1 amide bonds. The van der Waals surface area contributed by atoms with Gasteiger partial charge in [-0.1, -0.05) is 30.3 Å². The molecule has 8 nitrogen and oxygen atoms in total. The summed E-state index contributed by atoms with van der Waals surface area (Å²) in [5.74, 6) is -0.818. The van der Waals surface area contributed by atoms with Crippen LogP contribution in [0.3, 0.4) is 0 Å². The summed E-state index contributed by atoms with van der Waals surface area (Å²) in [5.41, 5.74) is 10.2. The third-order valence-corrected chi connectivity index (χ3v) is 5.86. The van der Waals surface area contributed by atoms with Crippen molar-refractivity contribution in [2.75, 3.05) is 13.1 Å². The lowest BCUT2D eigenvalue weighted by Crippen LogP contribution is -2.53. The molecule has 0 bridgehead atoms. The lowest BCUT2D eigenvalue weighted by Gasteiger charge is -2.29. The van der Waals surface area contributed by atoms with E-state index in [2.05, 4.69) is 16.7 Å². The molecule has 4 rings (SSSR count). The van der Waals surface area contributed by atoms with Gasteiger partial charge >= 0.3 is 5.76 Å². The molecule has 2 aromatic carbocycles. The predicted octanol–water partition coefficient (Wildman–Crippen LogP) is 1.29. The highest BCUT2D eigenvalue weighted by atomic mass is 16.4. The Balaban J connectivity index is 1.45. The van der Waals surface area contributed by atoms with Gasteiger partial charge in [-0.05, 0) is 41.8 Å². The number of oxazole rings is 1. The second kappa shape index (κ2) is 8.76. The SMILES string of the molecule is Cn1c(=O)oc2ccc(-c3ccc(CC(C#N)NC(=O)C4CCNCC4N)cc3)cc21. The molecule has 1 aliphatic rings. The number of benzene rings is 2. The molecule has 160 valence electrons. The van der Waals surface area contributed by atoms with Gasteiger partial charge in [-0.15, -0.1) is 0 Å². The van der Waals surface area contributed by atoms with Gasteiger partial charge in [0.2, 0.25) is 5.91 Å². The monoisotopic (exact) mass is 419 g/mol. The smallest absolute Gasteiger partial charge is 0.408 e. The van der Waals surface area contributed by atoms with Crippen LogP contribution in [0.4, 0.5) is 0 Å². The van der Waals surface area contributed by atoms with Crippen LogP contribution in [0.25, 0.3) is 22.2 Å². The van der Waals surface area contributed by atoms with Crippen LogP contribution in [0.5, 0.6) is 0 Å². The topological polar surface area (TPSA) is 126 Å². The van der Waals surface area contributed by atoms with Crippen LogP contribution >= 0.6 is 0 Å². The van der Waals surface area contributed by atoms with Crippen molar-refractivity contribution in [3.05, 3.63) is 58.6 Å². The molecule has 3 atom stereocenters. The molecule has 3 unspecified atom stereocenters. The van der Waals surface area contributed by atoms with Crippen LogP contribution < -0.4 is 22.1 Å². The molecule has 1 saturated heterocycles. The average molecular weight is 419 g/mol. The number of nitrogens with two attached hydrogens (primary N) is 1. The van der Waals surface area contributed by atoms with E-state index in [-0.39, 0.29) is 17.9 Å². The second-order valence-corrected chi connectivity index (χ2v) is 7.96. The first kappa shape index (κ1) is 20.8. The van der Waals surface area contributed by atoms with Crippen molar-refractivity contribution in [1.29, 1.82) is 5.26 Å². The molecule has 4 N–H and O–H groups in total. The van der Waals surface area contributed by atoms with Crippen molar-refractivity contribution in [3.8, 4) is 17.2 Å². The molecule has 0 aliphatic carbocycles. The maximum atomic E-state index is 12.5. The fraction of sp³-hybridized carbons (Fsp3) is 0.348. The summed E-state index contributed by atoms with van der Waals surface area (Å²) in [6.45, 7) is 1.36. The van der Waals surface area contributed by atoms with Gasteiger partial charge in [0.15, 0.2) is 5.58 Å². The Hall–Kier alpha value is -3.41. The molecule has 8 heteroatoms. The van der Waals surface area contributed by atoms with Gasteiger partial charge in [-0.2, -0.15) is 5.26 Å². The van der Waals surface area contributed by atoms with E-state index in [4.69, 9.17) is 10.2 Å². The van der Waals surface area contributed by atoms with E-state index in [1.165, 1.54) is 4.57 Å². The Morgan fingerprint density at radius 2 is 2.06 bits per heavy atom. The van der Waals surface area contributed by atoms with E-state index < -0.39 is 11.8 Å². The van der Waals surface area contributed by atoms with Crippen LogP contribution in [0.2, 0.25) is 0 Å². The largest absolute Gasteiger partial charge is 0.419 e. The second-order valence-electron chi connectivity index (χ2n) is 7.96. The fourth-order valence-electron chi connectivity index (χ4n) is 3.99. The summed E-state index contributed by atoms with van der Waals surface area (Å²) in [6, 6.07) is 14.8. The maximum absolute atomic E-state index is 12.5. The third kappa shape index (κ3) is 4.38. The number of piperidine rings is 1. The highest BCUT2D eigenvalue weighted by Crippen LogP contribution is 2.24. The molecule has 0 spiro atoms. The summed E-state index contributed by atoms with van der Waals surface area (Å²) in [6.07, 6.45) is 1.09. The Morgan fingerprint density at radius 1 is 1.32 bits per heavy atom. The first-order chi connectivity index (χ1) is 15.0. The van der Waals surface area contributed by atoms with Crippen molar-refractivity contribution >= 4 is 17.0 Å². The van der Waals surface area contributed by atoms with Crippen LogP contribution in [0.15, 0.2) is 51.7 Å². The fourth-order valence-corrected chi connectivity index (χ4v) is 3.99. The number of amides is 1. The molecule has 1 fully saturated rings. The maximum Gasteiger partial charge on any atom is 0.419 e. The molecule has 0 saturated carbocycles. The summed E-state index contributed by atoms with van der Waals surface area (Å²) >= 11 is 0. The van der Waals surface area contributed by atoms with Crippen molar-refractivity contribution < 1.29 is 9.21 Å². The van der Waals surface area contributed by atoms with E-state index >= 15 is 0 Å². The van der Waals surface area contributed by atoms with E-state index in [0.717, 1.165) is 28.8 Å². The van der Waals surface area contributed by atoms with E-state index in [1.54, 1.807) is 13.1 Å². The molecule has 3 aromatic rings. The summed E-state index contributed by atoms with van der Waals surface area (Å²) in [7, 11) is 1.67. The summed E-state index contributed by atoms with van der Waals surface area (Å²) in [5, 5.41) is 15.5. The molecule has 0 radical (unpaired) electrons. The third-order valence-electron chi connectivity index (χ3n) is 5.86. The Bertz CT molecular complexity index is 1190. The van der Waals surface area contributed by atoms with Gasteiger partial charge in [0.1, 0.15) is 6.04 Å². The molecular weight excluding hydrogens is 394 g/mol. The molecule has 1 aliphatic heterocycles. The van der Waals surface area contributed by atoms with Crippen molar-refractivity contribution in [1.82, 2.24) is 15.2 Å². The minimum Gasteiger partial charge on any atom is -0.408 e. The summed E-state index contributed by atoms with van der Waals surface area (Å²) in [4.78, 5) is 24.2. The van der Waals surface area contributed by atoms with Crippen LogP contribution in [0, 0.1) is 17.2 Å². The van der Waals surface area contributed by atoms with Gasteiger partial charge in [-0.25, -0.2) is 4.79 Å². The highest BCUT2D eigenvalue weighted by molar-refractivity contribution is 5.81. The lowest BCUT2D eigenvalue weighted by molar-refractivity contribution is -0.126. The summed E-state index contributed by atoms with van der Waals surface area (Å²) < 4.78 is 6.65. The first-order valence-corrected chi connectivity index (χ1v) is 10.3. The zero-order chi connectivity index (χ0) is 22.0. The van der Waals surface area contributed by atoms with Crippen LogP contribution in [0.1, 0.15) is 12.0 Å². The minimum absolute atomic E-state index is 0.156. The van der Waals surface area contributed by atoms with Crippen molar-refractivity contribution in [2.24, 2.45) is 18.7 Å². The number of aromatic nitrogens is 1. The number of fused-ring (bicyclic) bond motifs is 1. The Morgan fingerprint density at radius 3 is 2.77 bits per heavy atom. The number of aryl methyl sites for hydroxylation is 1. The number of carbonyl (C=O) groups excluding carboxylic acids is 1. The van der Waals surface area contributed by atoms with Gasteiger partial charge in [0, 0.05) is 26.1 Å². The zero-order valence-corrected chi connectivity index (χ0v) is 17.3. The molecular formula is C23H25N5O3. The number of hydrogen-bond acceptors (Lipinski definition) is 6. The van der Waals surface area contributed by atoms with Crippen LogP contribution in [-0.2, 0) is 18.3 Å². The zero-order valence-electron chi connectivity index (χ0n) is 17.3. The van der Waals surface area contributed by atoms with Crippen LogP contribution in [-0.4, -0.2) is 35.6 Å². The Labute approximate surface area is 179 Å². The van der Waals surface area contributed by atoms with Gasteiger partial charge in [0.25, 0.3) is 0 Å². The van der Waals surface area contributed by atoms with Gasteiger partial charge in [-0.3, -0.25) is 9.36 Å². The van der Waals surface area contributed by atoms with Gasteiger partial charge < -0.3 is 20.8 Å². The van der Waals surface area contributed by atoms with Gasteiger partial charge in [0.05, 0.1) is 17.5 Å². The number of nitriles is 1. The average Bonchev–Trinajstić information content (AvgIpc) is 3.07. The highest BCUT2D eigenvalue weighted by Gasteiger charge is 2.29. The van der Waals surface area contributed by atoms with E-state index in [0.29, 0.717) is 25.0 Å². The van der Waals surface area contributed by atoms with Crippen molar-refractivity contribution in [3.63, 3.8) is 0 Å². The number of carbonyl (C=O) groups is 1.